The summed E-state index contributed by atoms with van der Waals surface area (Å²) in [6, 6.07) is 11.0. The maximum Gasteiger partial charge on any atom is 0.0891 e. The molecule has 2 nitrogen and oxygen atoms in total. The molecule has 0 unspecified atom stereocenters. The van der Waals surface area contributed by atoms with Gasteiger partial charge in [0, 0.05) is 11.8 Å². The Kier molecular flexibility index (Phi) is 2.18. The molecule has 0 fully saturated rings. The van der Waals surface area contributed by atoms with E-state index in [0.29, 0.717) is 0 Å². The van der Waals surface area contributed by atoms with Crippen LogP contribution in [0.25, 0.3) is 22.0 Å². The summed E-state index contributed by atoms with van der Waals surface area (Å²) in [6.45, 7) is 1.96. The highest BCUT2D eigenvalue weighted by Gasteiger charge is 2.16. The van der Waals surface area contributed by atoms with Crippen molar-refractivity contribution < 1.29 is 0 Å². The second-order valence-electron chi connectivity index (χ2n) is 5.15. The molecule has 2 heteroatoms. The lowest BCUT2D eigenvalue weighted by Gasteiger charge is -2.08. The Balaban J connectivity index is 2.04. The van der Waals surface area contributed by atoms with Gasteiger partial charge >= 0.3 is 0 Å². The van der Waals surface area contributed by atoms with Crippen LogP contribution < -0.4 is 0 Å². The van der Waals surface area contributed by atoms with Crippen LogP contribution in [0.1, 0.15) is 16.8 Å². The Hall–Kier alpha value is -2.22. The highest BCUT2D eigenvalue weighted by molar-refractivity contribution is 6.00. The van der Waals surface area contributed by atoms with E-state index in [2.05, 4.69) is 40.3 Å². The highest BCUT2D eigenvalue weighted by atomic mass is 14.8. The van der Waals surface area contributed by atoms with Gasteiger partial charge in [0.1, 0.15) is 0 Å². The van der Waals surface area contributed by atoms with E-state index in [0.717, 1.165) is 24.2 Å². The molecule has 1 aliphatic rings. The lowest BCUT2D eigenvalue weighted by Crippen LogP contribution is -1.90. The van der Waals surface area contributed by atoms with E-state index in [9.17, 15) is 0 Å². The van der Waals surface area contributed by atoms with Gasteiger partial charge in [-0.25, -0.2) is 0 Å². The Morgan fingerprint density at radius 2 is 1.74 bits per heavy atom. The first kappa shape index (κ1) is 10.7. The Labute approximate surface area is 112 Å². The fourth-order valence-electron chi connectivity index (χ4n) is 3.00. The van der Waals surface area contributed by atoms with Crippen LogP contribution in [-0.2, 0) is 12.8 Å². The normalized spacial score (nSPS) is 13.1. The van der Waals surface area contributed by atoms with Gasteiger partial charge in [0.2, 0.25) is 0 Å². The van der Waals surface area contributed by atoms with Gasteiger partial charge in [-0.2, -0.15) is 0 Å². The minimum absolute atomic E-state index is 0.953. The van der Waals surface area contributed by atoms with Crippen LogP contribution in [0.3, 0.4) is 0 Å². The van der Waals surface area contributed by atoms with Crippen LogP contribution in [0.2, 0.25) is 0 Å². The van der Waals surface area contributed by atoms with Crippen molar-refractivity contribution in [1.29, 1.82) is 0 Å². The summed E-state index contributed by atoms with van der Waals surface area (Å²) in [7, 11) is 0. The van der Waals surface area contributed by atoms with E-state index in [1.54, 1.807) is 0 Å². The van der Waals surface area contributed by atoms with Crippen LogP contribution >= 0.6 is 0 Å². The smallest absolute Gasteiger partial charge is 0.0891 e. The predicted molar refractivity (Wildman–Crippen MR) is 77.1 cm³/mol. The van der Waals surface area contributed by atoms with E-state index in [4.69, 9.17) is 0 Å². The van der Waals surface area contributed by atoms with Crippen molar-refractivity contribution in [2.24, 2.45) is 0 Å². The topological polar surface area (TPSA) is 25.8 Å². The number of aromatic nitrogens is 2. The van der Waals surface area contributed by atoms with Crippen molar-refractivity contribution in [2.75, 3.05) is 0 Å². The maximum atomic E-state index is 4.52. The molecule has 3 aromatic rings. The fourth-order valence-corrected chi connectivity index (χ4v) is 3.00. The molecule has 0 atom stereocenters. The molecule has 0 radical (unpaired) electrons. The van der Waals surface area contributed by atoms with Crippen molar-refractivity contribution in [1.82, 2.24) is 9.97 Å². The van der Waals surface area contributed by atoms with Gasteiger partial charge in [-0.05, 0) is 41.7 Å². The molecule has 2 aromatic carbocycles. The molecule has 0 N–H and O–H groups in total. The quantitative estimate of drug-likeness (QED) is 0.654. The summed E-state index contributed by atoms with van der Waals surface area (Å²) in [5.74, 6) is 0. The van der Waals surface area contributed by atoms with Crippen molar-refractivity contribution in [3.63, 3.8) is 0 Å². The minimum atomic E-state index is 0.953. The van der Waals surface area contributed by atoms with Crippen LogP contribution in [-0.4, -0.2) is 9.97 Å². The second-order valence-corrected chi connectivity index (χ2v) is 5.15. The fraction of sp³-hybridized carbons (Fsp3) is 0.176. The van der Waals surface area contributed by atoms with E-state index >= 15 is 0 Å². The first-order valence-electron chi connectivity index (χ1n) is 6.65. The minimum Gasteiger partial charge on any atom is -0.258 e. The van der Waals surface area contributed by atoms with Crippen LogP contribution in [0.4, 0.5) is 0 Å². The average molecular weight is 246 g/mol. The largest absolute Gasteiger partial charge is 0.258 e. The van der Waals surface area contributed by atoms with E-state index in [1.165, 1.54) is 27.5 Å². The van der Waals surface area contributed by atoms with Gasteiger partial charge in [-0.15, -0.1) is 0 Å². The van der Waals surface area contributed by atoms with E-state index in [-0.39, 0.29) is 0 Å². The van der Waals surface area contributed by atoms with E-state index < -0.39 is 0 Å². The molecule has 4 rings (SSSR count). The number of benzene rings is 2. The Morgan fingerprint density at radius 3 is 2.53 bits per heavy atom. The zero-order valence-corrected chi connectivity index (χ0v) is 10.9. The molecular formula is C17H14N2. The molecule has 0 aliphatic heterocycles. The monoisotopic (exact) mass is 246 g/mol. The van der Waals surface area contributed by atoms with Crippen LogP contribution in [0.15, 0.2) is 42.7 Å². The molecular weight excluding hydrogens is 232 g/mol. The van der Waals surface area contributed by atoms with Gasteiger partial charge in [-0.1, -0.05) is 30.3 Å². The molecule has 1 heterocycles. The summed E-state index contributed by atoms with van der Waals surface area (Å²) in [4.78, 5) is 8.88. The molecule has 19 heavy (non-hydrogen) atoms. The number of hydrogen-bond acceptors (Lipinski definition) is 2. The lowest BCUT2D eigenvalue weighted by atomic mass is 9.98. The first-order valence-corrected chi connectivity index (χ1v) is 6.65. The standard InChI is InChI=1S/C17H14N2/c1-11-9-19-16(10-18-11)14-8-7-13-6-5-12-3-2-4-15(14)17(12)13/h2-4,7-10H,5-6H2,1H3. The molecule has 0 spiro atoms. The Bertz CT molecular complexity index is 763. The highest BCUT2D eigenvalue weighted by Crippen LogP contribution is 2.36. The summed E-state index contributed by atoms with van der Waals surface area (Å²) in [5.41, 5.74) is 6.04. The van der Waals surface area contributed by atoms with E-state index in [1.807, 2.05) is 19.3 Å². The molecule has 0 saturated heterocycles. The molecule has 92 valence electrons. The third kappa shape index (κ3) is 1.56. The average Bonchev–Trinajstić information content (AvgIpc) is 2.86. The third-order valence-electron chi connectivity index (χ3n) is 3.93. The zero-order valence-electron chi connectivity index (χ0n) is 10.9. The molecule has 1 aliphatic carbocycles. The van der Waals surface area contributed by atoms with Gasteiger partial charge in [0.05, 0.1) is 17.6 Å². The SMILES string of the molecule is Cc1cnc(-c2ccc3c4c(cccc24)CC3)cn1. The molecule has 1 aromatic heterocycles. The Morgan fingerprint density at radius 1 is 0.895 bits per heavy atom. The second kappa shape index (κ2) is 3.89. The summed E-state index contributed by atoms with van der Waals surface area (Å²) >= 11 is 0. The number of aryl methyl sites for hydroxylation is 3. The van der Waals surface area contributed by atoms with Gasteiger partial charge in [0.25, 0.3) is 0 Å². The molecule has 0 bridgehead atoms. The first-order chi connectivity index (χ1) is 9.33. The number of rotatable bonds is 1. The van der Waals surface area contributed by atoms with Crippen LogP contribution in [0, 0.1) is 6.92 Å². The maximum absolute atomic E-state index is 4.52. The van der Waals surface area contributed by atoms with Crippen LogP contribution in [0.5, 0.6) is 0 Å². The van der Waals surface area contributed by atoms with Crippen molar-refractivity contribution >= 4 is 10.8 Å². The van der Waals surface area contributed by atoms with Crippen molar-refractivity contribution in [3.8, 4) is 11.3 Å². The third-order valence-corrected chi connectivity index (χ3v) is 3.93. The van der Waals surface area contributed by atoms with Gasteiger partial charge in [-0.3, -0.25) is 9.97 Å². The predicted octanol–water partition coefficient (Wildman–Crippen LogP) is 3.70. The molecule has 0 amide bonds. The zero-order chi connectivity index (χ0) is 12.8. The van der Waals surface area contributed by atoms with Crippen molar-refractivity contribution in [3.05, 3.63) is 59.5 Å². The number of nitrogens with zero attached hydrogens (tertiary/aromatic N) is 2. The molecule has 0 saturated carbocycles. The summed E-state index contributed by atoms with van der Waals surface area (Å²) in [5, 5.41) is 2.74. The summed E-state index contributed by atoms with van der Waals surface area (Å²) in [6.07, 6.45) is 6.03. The van der Waals surface area contributed by atoms with Crippen molar-refractivity contribution in [2.45, 2.75) is 19.8 Å². The van der Waals surface area contributed by atoms with Gasteiger partial charge in [0.15, 0.2) is 0 Å². The van der Waals surface area contributed by atoms with Gasteiger partial charge < -0.3 is 0 Å². The number of hydrogen-bond donors (Lipinski definition) is 0. The lowest BCUT2D eigenvalue weighted by molar-refractivity contribution is 1.02. The summed E-state index contributed by atoms with van der Waals surface area (Å²) < 4.78 is 0.